The largest absolute Gasteiger partial charge is 0.392 e. The first kappa shape index (κ1) is 13.7. The van der Waals surface area contributed by atoms with E-state index in [4.69, 9.17) is 5.11 Å². The van der Waals surface area contributed by atoms with Crippen molar-refractivity contribution in [2.75, 3.05) is 5.32 Å². The molecule has 2 rings (SSSR count). The number of hydrogen-bond donors (Lipinski definition) is 2. The molecule has 1 aromatic heterocycles. The van der Waals surface area contributed by atoms with Gasteiger partial charge in [0, 0.05) is 16.2 Å². The Kier molecular flexibility index (Phi) is 4.65. The smallest absolute Gasteiger partial charge is 0.228 e. The number of carbonyl (C=O) groups is 1. The molecule has 0 atom stereocenters. The van der Waals surface area contributed by atoms with Crippen LogP contribution in [-0.4, -0.2) is 16.0 Å². The molecule has 0 aliphatic carbocycles. The Morgan fingerprint density at radius 1 is 1.26 bits per heavy atom. The van der Waals surface area contributed by atoms with Gasteiger partial charge in [-0.1, -0.05) is 28.1 Å². The number of nitrogens with zero attached hydrogens (tertiary/aromatic N) is 1. The molecular weight excluding hydrogens is 308 g/mol. The van der Waals surface area contributed by atoms with Crippen LogP contribution in [0.15, 0.2) is 47.2 Å². The lowest BCUT2D eigenvalue weighted by molar-refractivity contribution is -0.115. The molecule has 2 aromatic rings. The highest BCUT2D eigenvalue weighted by molar-refractivity contribution is 9.10. The van der Waals surface area contributed by atoms with Crippen LogP contribution in [0.25, 0.3) is 0 Å². The Morgan fingerprint density at radius 3 is 2.68 bits per heavy atom. The predicted molar refractivity (Wildman–Crippen MR) is 76.6 cm³/mol. The topological polar surface area (TPSA) is 62.2 Å². The normalized spacial score (nSPS) is 10.2. The molecule has 1 aromatic carbocycles. The van der Waals surface area contributed by atoms with E-state index in [0.717, 1.165) is 10.0 Å². The van der Waals surface area contributed by atoms with Crippen molar-refractivity contribution in [1.29, 1.82) is 0 Å². The van der Waals surface area contributed by atoms with Crippen LogP contribution in [0.2, 0.25) is 0 Å². The molecule has 2 N–H and O–H groups in total. The molecule has 0 saturated heterocycles. The number of amides is 1. The minimum atomic E-state index is -0.134. The highest BCUT2D eigenvalue weighted by Gasteiger charge is 2.07. The fourth-order valence-electron chi connectivity index (χ4n) is 1.66. The second-order valence-electron chi connectivity index (χ2n) is 4.04. The van der Waals surface area contributed by atoms with E-state index in [0.29, 0.717) is 11.3 Å². The van der Waals surface area contributed by atoms with Crippen molar-refractivity contribution in [1.82, 2.24) is 4.98 Å². The number of anilines is 1. The van der Waals surface area contributed by atoms with Crippen LogP contribution >= 0.6 is 15.9 Å². The molecule has 4 nitrogen and oxygen atoms in total. The zero-order valence-corrected chi connectivity index (χ0v) is 11.7. The van der Waals surface area contributed by atoms with Gasteiger partial charge in [0.2, 0.25) is 5.91 Å². The molecule has 0 spiro atoms. The third-order valence-electron chi connectivity index (χ3n) is 2.63. The van der Waals surface area contributed by atoms with Gasteiger partial charge in [-0.3, -0.25) is 9.78 Å². The van der Waals surface area contributed by atoms with Crippen LogP contribution in [-0.2, 0) is 17.8 Å². The lowest BCUT2D eigenvalue weighted by atomic mass is 10.1. The molecule has 0 bridgehead atoms. The summed E-state index contributed by atoms with van der Waals surface area (Å²) in [5.74, 6) is -0.134. The summed E-state index contributed by atoms with van der Waals surface area (Å²) in [7, 11) is 0. The minimum Gasteiger partial charge on any atom is -0.392 e. The van der Waals surface area contributed by atoms with E-state index in [1.165, 1.54) is 6.20 Å². The van der Waals surface area contributed by atoms with Gasteiger partial charge in [-0.2, -0.15) is 0 Å². The summed E-state index contributed by atoms with van der Waals surface area (Å²) < 4.78 is 0.978. The summed E-state index contributed by atoms with van der Waals surface area (Å²) in [4.78, 5) is 15.8. The molecule has 19 heavy (non-hydrogen) atoms. The summed E-state index contributed by atoms with van der Waals surface area (Å²) in [5, 5.41) is 11.9. The Bertz CT molecular complexity index is 570. The molecule has 0 saturated carbocycles. The van der Waals surface area contributed by atoms with Gasteiger partial charge in [0.05, 0.1) is 24.9 Å². The number of carbonyl (C=O) groups excluding carboxylic acids is 1. The van der Waals surface area contributed by atoms with Gasteiger partial charge in [-0.05, 0) is 23.8 Å². The highest BCUT2D eigenvalue weighted by Crippen LogP contribution is 2.15. The number of benzene rings is 1. The molecule has 0 aliphatic rings. The van der Waals surface area contributed by atoms with Gasteiger partial charge in [-0.15, -0.1) is 0 Å². The number of halogens is 1. The number of pyridine rings is 1. The lowest BCUT2D eigenvalue weighted by Gasteiger charge is -2.08. The summed E-state index contributed by atoms with van der Waals surface area (Å²) in [5.41, 5.74) is 2.13. The zero-order valence-electron chi connectivity index (χ0n) is 10.1. The van der Waals surface area contributed by atoms with E-state index in [1.807, 2.05) is 24.3 Å². The quantitative estimate of drug-likeness (QED) is 0.910. The monoisotopic (exact) mass is 320 g/mol. The van der Waals surface area contributed by atoms with Crippen molar-refractivity contribution < 1.29 is 9.90 Å². The summed E-state index contributed by atoms with van der Waals surface area (Å²) in [6.07, 6.45) is 3.40. The van der Waals surface area contributed by atoms with Gasteiger partial charge in [0.25, 0.3) is 0 Å². The number of aromatic nitrogens is 1. The van der Waals surface area contributed by atoms with Crippen molar-refractivity contribution in [3.8, 4) is 0 Å². The van der Waals surface area contributed by atoms with E-state index in [2.05, 4.69) is 26.2 Å². The van der Waals surface area contributed by atoms with Crippen LogP contribution in [0.3, 0.4) is 0 Å². The molecule has 98 valence electrons. The molecule has 0 radical (unpaired) electrons. The van der Waals surface area contributed by atoms with E-state index in [9.17, 15) is 4.79 Å². The van der Waals surface area contributed by atoms with Crippen molar-refractivity contribution in [3.63, 3.8) is 0 Å². The van der Waals surface area contributed by atoms with Crippen LogP contribution in [0.5, 0.6) is 0 Å². The van der Waals surface area contributed by atoms with Crippen LogP contribution < -0.4 is 5.32 Å². The van der Waals surface area contributed by atoms with Gasteiger partial charge >= 0.3 is 0 Å². The van der Waals surface area contributed by atoms with E-state index < -0.39 is 0 Å². The summed E-state index contributed by atoms with van der Waals surface area (Å²) in [6.45, 7) is -0.129. The summed E-state index contributed by atoms with van der Waals surface area (Å²) >= 11 is 3.35. The molecule has 0 fully saturated rings. The molecular formula is C14H13BrN2O2. The van der Waals surface area contributed by atoms with Crippen LogP contribution in [0, 0.1) is 0 Å². The van der Waals surface area contributed by atoms with Gasteiger partial charge in [0.15, 0.2) is 0 Å². The number of aliphatic hydroxyl groups excluding tert-OH is 1. The van der Waals surface area contributed by atoms with Crippen LogP contribution in [0.1, 0.15) is 11.1 Å². The van der Waals surface area contributed by atoms with Gasteiger partial charge in [0.1, 0.15) is 0 Å². The minimum absolute atomic E-state index is 0.129. The Morgan fingerprint density at radius 2 is 2.00 bits per heavy atom. The standard InChI is InChI=1S/C14H13BrN2O2/c15-12-3-1-10(2-4-12)7-14(19)17-13-8-16-6-5-11(13)9-18/h1-6,8,18H,7,9H2,(H,17,19). The van der Waals surface area contributed by atoms with Crippen molar-refractivity contribution in [2.45, 2.75) is 13.0 Å². The van der Waals surface area contributed by atoms with Gasteiger partial charge < -0.3 is 10.4 Å². The number of hydrogen-bond acceptors (Lipinski definition) is 3. The number of aliphatic hydroxyl groups is 1. The number of nitrogens with one attached hydrogen (secondary N) is 1. The van der Waals surface area contributed by atoms with Crippen molar-refractivity contribution >= 4 is 27.5 Å². The fraction of sp³-hybridized carbons (Fsp3) is 0.143. The first-order valence-electron chi connectivity index (χ1n) is 5.77. The maximum atomic E-state index is 11.9. The van der Waals surface area contributed by atoms with Crippen molar-refractivity contribution in [3.05, 3.63) is 58.3 Å². The zero-order chi connectivity index (χ0) is 13.7. The molecule has 5 heteroatoms. The Balaban J connectivity index is 2.03. The fourth-order valence-corrected chi connectivity index (χ4v) is 1.92. The average Bonchev–Trinajstić information content (AvgIpc) is 2.42. The number of rotatable bonds is 4. The first-order valence-corrected chi connectivity index (χ1v) is 6.56. The molecule has 0 unspecified atom stereocenters. The second kappa shape index (κ2) is 6.45. The third-order valence-corrected chi connectivity index (χ3v) is 3.16. The van der Waals surface area contributed by atoms with E-state index in [1.54, 1.807) is 12.3 Å². The maximum absolute atomic E-state index is 11.9. The first-order chi connectivity index (χ1) is 9.19. The average molecular weight is 321 g/mol. The SMILES string of the molecule is O=C(Cc1ccc(Br)cc1)Nc1cnccc1CO. The molecule has 0 aliphatic heterocycles. The maximum Gasteiger partial charge on any atom is 0.228 e. The van der Waals surface area contributed by atoms with E-state index >= 15 is 0 Å². The Hall–Kier alpha value is -1.72. The van der Waals surface area contributed by atoms with Crippen LogP contribution in [0.4, 0.5) is 5.69 Å². The third kappa shape index (κ3) is 3.87. The van der Waals surface area contributed by atoms with E-state index in [-0.39, 0.29) is 18.9 Å². The molecule has 1 heterocycles. The lowest BCUT2D eigenvalue weighted by Crippen LogP contribution is -2.15. The highest BCUT2D eigenvalue weighted by atomic mass is 79.9. The predicted octanol–water partition coefficient (Wildman–Crippen LogP) is 2.52. The Labute approximate surface area is 119 Å². The molecule has 1 amide bonds. The summed E-state index contributed by atoms with van der Waals surface area (Å²) in [6, 6.07) is 9.24. The second-order valence-corrected chi connectivity index (χ2v) is 4.96. The van der Waals surface area contributed by atoms with Crippen molar-refractivity contribution in [2.24, 2.45) is 0 Å². The van der Waals surface area contributed by atoms with Gasteiger partial charge in [-0.25, -0.2) is 0 Å².